The number of rotatable bonds is 7. The number of nitrogens with one attached hydrogen (secondary N) is 1. The molecule has 1 aromatic rings. The van der Waals surface area contributed by atoms with Crippen molar-refractivity contribution >= 4 is 5.82 Å². The molecule has 0 atom stereocenters. The molecule has 2 heterocycles. The van der Waals surface area contributed by atoms with Gasteiger partial charge in [-0.2, -0.15) is 4.98 Å². The highest BCUT2D eigenvalue weighted by atomic mass is 16.5. The zero-order chi connectivity index (χ0) is 13.5. The Labute approximate surface area is 115 Å². The van der Waals surface area contributed by atoms with Crippen molar-refractivity contribution < 1.29 is 4.74 Å². The summed E-state index contributed by atoms with van der Waals surface area (Å²) >= 11 is 0. The van der Waals surface area contributed by atoms with E-state index >= 15 is 0 Å². The standard InChI is InChI=1S/C14H24N4O/c1-3-19-14-11-13(16-12(2)17-14)15-7-6-10-18-8-4-5-9-18/h11H,3-10H2,1-2H3,(H,15,16,17). The predicted octanol–water partition coefficient (Wildman–Crippen LogP) is 2.08. The minimum absolute atomic E-state index is 0.630. The van der Waals surface area contributed by atoms with E-state index in [4.69, 9.17) is 4.74 Å². The summed E-state index contributed by atoms with van der Waals surface area (Å²) in [5, 5.41) is 3.35. The Balaban J connectivity index is 1.75. The fourth-order valence-corrected chi connectivity index (χ4v) is 2.38. The smallest absolute Gasteiger partial charge is 0.218 e. The molecule has 1 aliphatic heterocycles. The first-order valence-electron chi connectivity index (χ1n) is 7.22. The maximum absolute atomic E-state index is 5.42. The SMILES string of the molecule is CCOc1cc(NCCCN2CCCC2)nc(C)n1. The van der Waals surface area contributed by atoms with Crippen LogP contribution in [0.4, 0.5) is 5.82 Å². The summed E-state index contributed by atoms with van der Waals surface area (Å²) in [6.45, 7) is 9.12. The number of nitrogens with zero attached hydrogens (tertiary/aromatic N) is 3. The Morgan fingerprint density at radius 2 is 2.11 bits per heavy atom. The largest absolute Gasteiger partial charge is 0.478 e. The van der Waals surface area contributed by atoms with E-state index in [-0.39, 0.29) is 0 Å². The van der Waals surface area contributed by atoms with Gasteiger partial charge in [-0.1, -0.05) is 0 Å². The molecule has 19 heavy (non-hydrogen) atoms. The quantitative estimate of drug-likeness (QED) is 0.764. The van der Waals surface area contributed by atoms with Crippen LogP contribution in [0.5, 0.6) is 5.88 Å². The van der Waals surface area contributed by atoms with Crippen molar-refractivity contribution in [1.82, 2.24) is 14.9 Å². The van der Waals surface area contributed by atoms with Crippen LogP contribution in [0.3, 0.4) is 0 Å². The average molecular weight is 264 g/mol. The van der Waals surface area contributed by atoms with Crippen molar-refractivity contribution in [3.8, 4) is 5.88 Å². The molecule has 1 fully saturated rings. The van der Waals surface area contributed by atoms with Gasteiger partial charge in [0.25, 0.3) is 0 Å². The molecule has 0 bridgehead atoms. The molecular formula is C14H24N4O. The molecule has 5 nitrogen and oxygen atoms in total. The molecule has 1 saturated heterocycles. The number of aromatic nitrogens is 2. The lowest BCUT2D eigenvalue weighted by molar-refractivity contribution is 0.325. The number of likely N-dealkylation sites (tertiary alicyclic amines) is 1. The summed E-state index contributed by atoms with van der Waals surface area (Å²) in [5.74, 6) is 2.25. The minimum Gasteiger partial charge on any atom is -0.478 e. The van der Waals surface area contributed by atoms with E-state index in [1.165, 1.54) is 32.5 Å². The zero-order valence-corrected chi connectivity index (χ0v) is 12.0. The number of aryl methyl sites for hydroxylation is 1. The second kappa shape index (κ2) is 7.28. The van der Waals surface area contributed by atoms with Crippen LogP contribution in [-0.4, -0.2) is 47.7 Å². The molecule has 0 saturated carbocycles. The highest BCUT2D eigenvalue weighted by Crippen LogP contribution is 2.13. The molecule has 0 unspecified atom stereocenters. The molecule has 2 rings (SSSR count). The van der Waals surface area contributed by atoms with Crippen LogP contribution < -0.4 is 10.1 Å². The van der Waals surface area contributed by atoms with Crippen LogP contribution in [-0.2, 0) is 0 Å². The monoisotopic (exact) mass is 264 g/mol. The summed E-state index contributed by atoms with van der Waals surface area (Å²) in [6.07, 6.45) is 3.86. The van der Waals surface area contributed by atoms with Crippen LogP contribution in [0.25, 0.3) is 0 Å². The van der Waals surface area contributed by atoms with Crippen molar-refractivity contribution in [3.63, 3.8) is 0 Å². The minimum atomic E-state index is 0.630. The van der Waals surface area contributed by atoms with Crippen molar-refractivity contribution in [1.29, 1.82) is 0 Å². The van der Waals surface area contributed by atoms with Gasteiger partial charge in [0, 0.05) is 12.6 Å². The fourth-order valence-electron chi connectivity index (χ4n) is 2.38. The third kappa shape index (κ3) is 4.67. The first-order chi connectivity index (χ1) is 9.28. The maximum Gasteiger partial charge on any atom is 0.218 e. The van der Waals surface area contributed by atoms with E-state index in [9.17, 15) is 0 Å². The molecule has 0 spiro atoms. The molecule has 106 valence electrons. The Hall–Kier alpha value is -1.36. The summed E-state index contributed by atoms with van der Waals surface area (Å²) < 4.78 is 5.42. The second-order valence-electron chi connectivity index (χ2n) is 4.90. The van der Waals surface area contributed by atoms with Gasteiger partial charge in [-0.05, 0) is 52.7 Å². The van der Waals surface area contributed by atoms with E-state index in [0.29, 0.717) is 12.5 Å². The Morgan fingerprint density at radius 3 is 2.84 bits per heavy atom. The molecular weight excluding hydrogens is 240 g/mol. The van der Waals surface area contributed by atoms with E-state index in [2.05, 4.69) is 20.2 Å². The first-order valence-corrected chi connectivity index (χ1v) is 7.22. The lowest BCUT2D eigenvalue weighted by Crippen LogP contribution is -2.22. The Bertz CT molecular complexity index is 391. The number of ether oxygens (including phenoxy) is 1. The molecule has 0 aromatic carbocycles. The van der Waals surface area contributed by atoms with Gasteiger partial charge >= 0.3 is 0 Å². The molecule has 0 aliphatic carbocycles. The van der Waals surface area contributed by atoms with Crippen molar-refractivity contribution in [2.45, 2.75) is 33.1 Å². The fraction of sp³-hybridized carbons (Fsp3) is 0.714. The second-order valence-corrected chi connectivity index (χ2v) is 4.90. The number of hydrogen-bond acceptors (Lipinski definition) is 5. The van der Waals surface area contributed by atoms with E-state index in [0.717, 1.165) is 24.6 Å². The van der Waals surface area contributed by atoms with Crippen LogP contribution in [0.2, 0.25) is 0 Å². The van der Waals surface area contributed by atoms with Gasteiger partial charge in [-0.25, -0.2) is 4.98 Å². The average Bonchev–Trinajstić information content (AvgIpc) is 2.87. The lowest BCUT2D eigenvalue weighted by atomic mass is 10.4. The first kappa shape index (κ1) is 14.1. The third-order valence-electron chi connectivity index (χ3n) is 3.26. The number of anilines is 1. The lowest BCUT2D eigenvalue weighted by Gasteiger charge is -2.14. The summed E-state index contributed by atoms with van der Waals surface area (Å²) in [7, 11) is 0. The predicted molar refractivity (Wildman–Crippen MR) is 76.7 cm³/mol. The summed E-state index contributed by atoms with van der Waals surface area (Å²) in [4.78, 5) is 11.1. The van der Waals surface area contributed by atoms with Crippen molar-refractivity contribution in [2.24, 2.45) is 0 Å². The van der Waals surface area contributed by atoms with Gasteiger partial charge in [0.1, 0.15) is 11.6 Å². The topological polar surface area (TPSA) is 50.3 Å². The van der Waals surface area contributed by atoms with Gasteiger partial charge < -0.3 is 15.0 Å². The molecule has 0 radical (unpaired) electrons. The van der Waals surface area contributed by atoms with Gasteiger partial charge in [0.2, 0.25) is 5.88 Å². The molecule has 1 N–H and O–H groups in total. The Kier molecular flexibility index (Phi) is 5.39. The highest BCUT2D eigenvalue weighted by molar-refractivity contribution is 5.38. The normalized spacial score (nSPS) is 15.7. The summed E-state index contributed by atoms with van der Waals surface area (Å²) in [6, 6.07) is 1.87. The Morgan fingerprint density at radius 1 is 1.32 bits per heavy atom. The van der Waals surface area contributed by atoms with Crippen LogP contribution in [0.15, 0.2) is 6.07 Å². The van der Waals surface area contributed by atoms with Crippen molar-refractivity contribution in [3.05, 3.63) is 11.9 Å². The summed E-state index contributed by atoms with van der Waals surface area (Å²) in [5.41, 5.74) is 0. The maximum atomic E-state index is 5.42. The van der Waals surface area contributed by atoms with Crippen molar-refractivity contribution in [2.75, 3.05) is 38.1 Å². The van der Waals surface area contributed by atoms with Crippen LogP contribution in [0.1, 0.15) is 32.0 Å². The molecule has 1 aliphatic rings. The molecule has 1 aromatic heterocycles. The number of hydrogen-bond donors (Lipinski definition) is 1. The zero-order valence-electron chi connectivity index (χ0n) is 12.0. The highest BCUT2D eigenvalue weighted by Gasteiger charge is 2.10. The van der Waals surface area contributed by atoms with Crippen LogP contribution in [0, 0.1) is 6.92 Å². The van der Waals surface area contributed by atoms with E-state index in [1.807, 2.05) is 19.9 Å². The van der Waals surface area contributed by atoms with Gasteiger partial charge in [-0.15, -0.1) is 0 Å². The van der Waals surface area contributed by atoms with E-state index < -0.39 is 0 Å². The van der Waals surface area contributed by atoms with Gasteiger partial charge in [0.05, 0.1) is 6.61 Å². The van der Waals surface area contributed by atoms with Gasteiger partial charge in [0.15, 0.2) is 0 Å². The van der Waals surface area contributed by atoms with E-state index in [1.54, 1.807) is 0 Å². The van der Waals surface area contributed by atoms with Gasteiger partial charge in [-0.3, -0.25) is 0 Å². The third-order valence-corrected chi connectivity index (χ3v) is 3.26. The molecule has 5 heteroatoms. The molecule has 0 amide bonds. The van der Waals surface area contributed by atoms with Crippen LogP contribution >= 0.6 is 0 Å².